The van der Waals surface area contributed by atoms with Crippen molar-refractivity contribution in [1.82, 2.24) is 10.2 Å². The van der Waals surface area contributed by atoms with Crippen LogP contribution in [0.1, 0.15) is 37.4 Å². The Morgan fingerprint density at radius 3 is 2.68 bits per heavy atom. The highest BCUT2D eigenvalue weighted by Crippen LogP contribution is 2.28. The Balaban J connectivity index is 2.26. The second kappa shape index (κ2) is 5.97. The van der Waals surface area contributed by atoms with Crippen molar-refractivity contribution in [1.29, 1.82) is 0 Å². The van der Waals surface area contributed by atoms with Gasteiger partial charge in [0.2, 0.25) is 0 Å². The Kier molecular flexibility index (Phi) is 4.53. The predicted octanol–water partition coefficient (Wildman–Crippen LogP) is 3.02. The van der Waals surface area contributed by atoms with Gasteiger partial charge in [-0.2, -0.15) is 0 Å². The normalized spacial score (nSPS) is 21.1. The molecule has 0 radical (unpaired) electrons. The van der Waals surface area contributed by atoms with Gasteiger partial charge in [-0.25, -0.2) is 8.78 Å². The van der Waals surface area contributed by atoms with Crippen LogP contribution in [0.25, 0.3) is 0 Å². The van der Waals surface area contributed by atoms with Gasteiger partial charge in [0.05, 0.1) is 0 Å². The van der Waals surface area contributed by atoms with E-state index in [1.165, 1.54) is 12.1 Å². The quantitative estimate of drug-likeness (QED) is 0.903. The van der Waals surface area contributed by atoms with Crippen molar-refractivity contribution in [2.75, 3.05) is 19.6 Å². The van der Waals surface area contributed by atoms with E-state index in [-0.39, 0.29) is 17.7 Å². The summed E-state index contributed by atoms with van der Waals surface area (Å²) in [5, 5.41) is 3.32. The first-order valence-electron chi connectivity index (χ1n) is 6.96. The van der Waals surface area contributed by atoms with Crippen LogP contribution in [-0.4, -0.2) is 30.6 Å². The van der Waals surface area contributed by atoms with E-state index in [4.69, 9.17) is 0 Å². The van der Waals surface area contributed by atoms with Crippen molar-refractivity contribution < 1.29 is 8.78 Å². The molecule has 1 heterocycles. The van der Waals surface area contributed by atoms with E-state index >= 15 is 0 Å². The van der Waals surface area contributed by atoms with Gasteiger partial charge in [0.1, 0.15) is 11.6 Å². The average molecular weight is 268 g/mol. The van der Waals surface area contributed by atoms with Crippen LogP contribution >= 0.6 is 0 Å². The van der Waals surface area contributed by atoms with Crippen LogP contribution in [0, 0.1) is 18.6 Å². The van der Waals surface area contributed by atoms with Crippen molar-refractivity contribution >= 4 is 0 Å². The molecule has 0 saturated carbocycles. The van der Waals surface area contributed by atoms with Crippen molar-refractivity contribution in [2.24, 2.45) is 0 Å². The summed E-state index contributed by atoms with van der Waals surface area (Å²) in [5.41, 5.74) is 0.816. The molecule has 0 spiro atoms. The molecule has 0 amide bonds. The molecule has 2 nitrogen and oxygen atoms in total. The highest BCUT2D eigenvalue weighted by atomic mass is 19.1. The molecule has 1 aliphatic rings. The second-order valence-electron chi connectivity index (χ2n) is 5.28. The molecule has 1 N–H and O–H groups in total. The monoisotopic (exact) mass is 268 g/mol. The molecule has 2 rings (SSSR count). The molecule has 1 aromatic carbocycles. The van der Waals surface area contributed by atoms with Crippen LogP contribution in [0.5, 0.6) is 0 Å². The Morgan fingerprint density at radius 1 is 1.37 bits per heavy atom. The zero-order valence-corrected chi connectivity index (χ0v) is 11.8. The largest absolute Gasteiger partial charge is 0.315 e. The minimum Gasteiger partial charge on any atom is -0.315 e. The number of hydrogen-bond acceptors (Lipinski definition) is 2. The number of benzene rings is 1. The maximum absolute atomic E-state index is 14.1. The standard InChI is InChI=1S/C15H22F2N2/c1-4-19(12-5-6-18-9-12)11(3)13-8-14(16)10(2)7-15(13)17/h7-8,11-12,18H,4-6,9H2,1-3H3. The van der Waals surface area contributed by atoms with Gasteiger partial charge in [-0.3, -0.25) is 4.90 Å². The highest BCUT2D eigenvalue weighted by molar-refractivity contribution is 5.27. The molecule has 0 aromatic heterocycles. The van der Waals surface area contributed by atoms with Crippen LogP contribution in [-0.2, 0) is 0 Å². The van der Waals surface area contributed by atoms with Gasteiger partial charge in [0, 0.05) is 24.2 Å². The first-order chi connectivity index (χ1) is 9.04. The van der Waals surface area contributed by atoms with Crippen LogP contribution in [0.3, 0.4) is 0 Å². The molecule has 2 unspecified atom stereocenters. The number of aryl methyl sites for hydroxylation is 1. The fourth-order valence-corrected chi connectivity index (χ4v) is 2.93. The van der Waals surface area contributed by atoms with Gasteiger partial charge < -0.3 is 5.32 Å². The minimum atomic E-state index is -0.330. The summed E-state index contributed by atoms with van der Waals surface area (Å²) in [6.45, 7) is 8.37. The number of nitrogens with one attached hydrogen (secondary N) is 1. The number of hydrogen-bond donors (Lipinski definition) is 1. The molecule has 1 aromatic rings. The molecular formula is C15H22F2N2. The molecule has 106 valence electrons. The SMILES string of the molecule is CCN(C1CCNC1)C(C)c1cc(F)c(C)cc1F. The van der Waals surface area contributed by atoms with Gasteiger partial charge in [-0.15, -0.1) is 0 Å². The summed E-state index contributed by atoms with van der Waals surface area (Å²) >= 11 is 0. The number of likely N-dealkylation sites (N-methyl/N-ethyl adjacent to an activating group) is 1. The molecule has 2 atom stereocenters. The molecule has 0 aliphatic carbocycles. The van der Waals surface area contributed by atoms with Crippen LogP contribution in [0.4, 0.5) is 8.78 Å². The number of halogens is 2. The third-order valence-electron chi connectivity index (χ3n) is 4.09. The summed E-state index contributed by atoms with van der Waals surface area (Å²) < 4.78 is 27.7. The van der Waals surface area contributed by atoms with Gasteiger partial charge >= 0.3 is 0 Å². The molecule has 0 bridgehead atoms. The van der Waals surface area contributed by atoms with Gasteiger partial charge in [0.25, 0.3) is 0 Å². The lowest BCUT2D eigenvalue weighted by molar-refractivity contribution is 0.159. The third-order valence-corrected chi connectivity index (χ3v) is 4.09. The smallest absolute Gasteiger partial charge is 0.128 e. The Morgan fingerprint density at radius 2 is 2.11 bits per heavy atom. The molecule has 4 heteroatoms. The summed E-state index contributed by atoms with van der Waals surface area (Å²) in [7, 11) is 0. The summed E-state index contributed by atoms with van der Waals surface area (Å²) in [6, 6.07) is 2.94. The first kappa shape index (κ1) is 14.4. The van der Waals surface area contributed by atoms with Crippen molar-refractivity contribution in [3.8, 4) is 0 Å². The maximum atomic E-state index is 14.1. The fourth-order valence-electron chi connectivity index (χ4n) is 2.93. The topological polar surface area (TPSA) is 15.3 Å². The summed E-state index contributed by atoms with van der Waals surface area (Å²) in [5.74, 6) is -0.639. The van der Waals surface area contributed by atoms with Crippen molar-refractivity contribution in [3.05, 3.63) is 34.9 Å². The molecular weight excluding hydrogens is 246 g/mol. The minimum absolute atomic E-state index is 0.106. The van der Waals surface area contributed by atoms with Crippen LogP contribution < -0.4 is 5.32 Å². The van der Waals surface area contributed by atoms with Crippen molar-refractivity contribution in [3.63, 3.8) is 0 Å². The van der Waals surface area contributed by atoms with E-state index in [0.29, 0.717) is 17.2 Å². The van der Waals surface area contributed by atoms with E-state index in [2.05, 4.69) is 17.1 Å². The lowest BCUT2D eigenvalue weighted by atomic mass is 10.0. The Labute approximate surface area is 113 Å². The first-order valence-corrected chi connectivity index (χ1v) is 6.96. The Bertz CT molecular complexity index is 442. The Hall–Kier alpha value is -1.00. The van der Waals surface area contributed by atoms with E-state index < -0.39 is 0 Å². The zero-order valence-electron chi connectivity index (χ0n) is 11.8. The lowest BCUT2D eigenvalue weighted by Crippen LogP contribution is -2.39. The van der Waals surface area contributed by atoms with Crippen LogP contribution in [0.15, 0.2) is 12.1 Å². The van der Waals surface area contributed by atoms with E-state index in [1.807, 2.05) is 6.92 Å². The van der Waals surface area contributed by atoms with Gasteiger partial charge in [-0.1, -0.05) is 6.92 Å². The van der Waals surface area contributed by atoms with E-state index in [1.54, 1.807) is 6.92 Å². The lowest BCUT2D eigenvalue weighted by Gasteiger charge is -2.33. The summed E-state index contributed by atoms with van der Waals surface area (Å²) in [6.07, 6.45) is 1.06. The molecule has 19 heavy (non-hydrogen) atoms. The van der Waals surface area contributed by atoms with E-state index in [0.717, 1.165) is 26.1 Å². The third kappa shape index (κ3) is 2.95. The molecule has 1 saturated heterocycles. The number of rotatable bonds is 4. The zero-order chi connectivity index (χ0) is 14.0. The maximum Gasteiger partial charge on any atom is 0.128 e. The predicted molar refractivity (Wildman–Crippen MR) is 73.2 cm³/mol. The molecule has 1 aliphatic heterocycles. The number of nitrogens with zero attached hydrogens (tertiary/aromatic N) is 1. The van der Waals surface area contributed by atoms with Crippen LogP contribution in [0.2, 0.25) is 0 Å². The summed E-state index contributed by atoms with van der Waals surface area (Å²) in [4.78, 5) is 2.24. The van der Waals surface area contributed by atoms with Gasteiger partial charge in [-0.05, 0) is 51.1 Å². The van der Waals surface area contributed by atoms with Gasteiger partial charge in [0.15, 0.2) is 0 Å². The fraction of sp³-hybridized carbons (Fsp3) is 0.600. The van der Waals surface area contributed by atoms with E-state index in [9.17, 15) is 8.78 Å². The highest BCUT2D eigenvalue weighted by Gasteiger charge is 2.27. The molecule has 1 fully saturated rings. The second-order valence-corrected chi connectivity index (χ2v) is 5.28. The van der Waals surface area contributed by atoms with Crippen molar-refractivity contribution in [2.45, 2.75) is 39.3 Å². The average Bonchev–Trinajstić information content (AvgIpc) is 2.88.